The van der Waals surface area contributed by atoms with Crippen LogP contribution in [0.5, 0.6) is 0 Å². The number of amides is 1. The molecule has 2 N–H and O–H groups in total. The number of hydrogen-bond acceptors (Lipinski definition) is 5. The lowest BCUT2D eigenvalue weighted by molar-refractivity contribution is 0.0288. The summed E-state index contributed by atoms with van der Waals surface area (Å²) < 4.78 is 8.06. The van der Waals surface area contributed by atoms with Gasteiger partial charge in [-0.15, -0.1) is 0 Å². The first-order valence-electron chi connectivity index (χ1n) is 7.63. The summed E-state index contributed by atoms with van der Waals surface area (Å²) in [6.45, 7) is 6.72. The smallest absolute Gasteiger partial charge is 0.410 e. The van der Waals surface area contributed by atoms with Crippen molar-refractivity contribution in [2.75, 3.05) is 18.8 Å². The van der Waals surface area contributed by atoms with E-state index in [0.717, 1.165) is 21.0 Å². The molecule has 0 spiro atoms. The second-order valence-electron chi connectivity index (χ2n) is 6.82. The van der Waals surface area contributed by atoms with Crippen molar-refractivity contribution in [1.29, 1.82) is 0 Å². The predicted molar refractivity (Wildman–Crippen MR) is 101 cm³/mol. The van der Waals surface area contributed by atoms with Crippen molar-refractivity contribution in [3.8, 4) is 0 Å². The number of carbonyl (C=O) groups excluding carboxylic acids is 1. The van der Waals surface area contributed by atoms with Gasteiger partial charge in [-0.3, -0.25) is 4.68 Å². The third-order valence-corrected chi connectivity index (χ3v) is 4.86. The molecule has 9 heteroatoms. The Morgan fingerprint density at radius 2 is 2.21 bits per heavy atom. The van der Waals surface area contributed by atoms with Crippen molar-refractivity contribution in [3.05, 3.63) is 14.9 Å². The standard InChI is InChI=1S/C15H19ClIN5O2/c1-15(2,3)24-14(23)21-5-4-8(7-21)22-11-9(16)6-19-13(18)10(11)12(17)20-22/h6,8H,4-5,7H2,1-3H3,(H2,18,19). The minimum atomic E-state index is -0.508. The molecule has 7 nitrogen and oxygen atoms in total. The summed E-state index contributed by atoms with van der Waals surface area (Å²) in [5.41, 5.74) is 6.23. The molecule has 1 aliphatic heterocycles. The van der Waals surface area contributed by atoms with Gasteiger partial charge in [-0.25, -0.2) is 9.78 Å². The normalized spacial score (nSPS) is 18.4. The molecular formula is C15H19ClIN5O2. The van der Waals surface area contributed by atoms with Gasteiger partial charge in [0.2, 0.25) is 0 Å². The molecule has 0 bridgehead atoms. The number of nitrogens with two attached hydrogens (primary N) is 1. The van der Waals surface area contributed by atoms with E-state index in [1.807, 2.05) is 25.5 Å². The van der Waals surface area contributed by atoms with Gasteiger partial charge in [-0.1, -0.05) is 11.6 Å². The predicted octanol–water partition coefficient (Wildman–Crippen LogP) is 3.45. The summed E-state index contributed by atoms with van der Waals surface area (Å²) >= 11 is 8.45. The summed E-state index contributed by atoms with van der Waals surface area (Å²) in [4.78, 5) is 18.0. The third kappa shape index (κ3) is 3.26. The van der Waals surface area contributed by atoms with E-state index in [1.165, 1.54) is 6.20 Å². The Morgan fingerprint density at radius 1 is 1.50 bits per heavy atom. The number of hydrogen-bond donors (Lipinski definition) is 1. The molecule has 2 aromatic heterocycles. The van der Waals surface area contributed by atoms with Crippen molar-refractivity contribution in [1.82, 2.24) is 19.7 Å². The van der Waals surface area contributed by atoms with E-state index < -0.39 is 5.60 Å². The lowest BCUT2D eigenvalue weighted by Crippen LogP contribution is -2.35. The molecule has 1 fully saturated rings. The molecule has 130 valence electrons. The Balaban J connectivity index is 1.88. The topological polar surface area (TPSA) is 86.3 Å². The van der Waals surface area contributed by atoms with Gasteiger partial charge in [0.1, 0.15) is 15.1 Å². The minimum absolute atomic E-state index is 0.0304. The van der Waals surface area contributed by atoms with Gasteiger partial charge in [0.05, 0.1) is 28.2 Å². The zero-order valence-corrected chi connectivity index (χ0v) is 16.6. The summed E-state index contributed by atoms with van der Waals surface area (Å²) in [7, 11) is 0. The lowest BCUT2D eigenvalue weighted by Gasteiger charge is -2.24. The SMILES string of the molecule is CC(C)(C)OC(=O)N1CCC(n2nc(I)c3c(N)ncc(Cl)c32)C1. The average Bonchev–Trinajstić information content (AvgIpc) is 3.06. The van der Waals surface area contributed by atoms with Crippen LogP contribution in [0.1, 0.15) is 33.2 Å². The fraction of sp³-hybridized carbons (Fsp3) is 0.533. The number of likely N-dealkylation sites (tertiary alicyclic amines) is 1. The molecule has 3 heterocycles. The molecule has 1 amide bonds. The van der Waals surface area contributed by atoms with Crippen LogP contribution in [0.3, 0.4) is 0 Å². The van der Waals surface area contributed by atoms with Crippen LogP contribution in [0, 0.1) is 3.70 Å². The Kier molecular flexibility index (Phi) is 4.54. The second kappa shape index (κ2) is 6.21. The van der Waals surface area contributed by atoms with Crippen LogP contribution in [-0.4, -0.2) is 44.4 Å². The molecule has 2 aromatic rings. The Bertz CT molecular complexity index is 801. The van der Waals surface area contributed by atoms with Gasteiger partial charge >= 0.3 is 6.09 Å². The second-order valence-corrected chi connectivity index (χ2v) is 8.25. The maximum Gasteiger partial charge on any atom is 0.410 e. The lowest BCUT2D eigenvalue weighted by atomic mass is 10.2. The molecular weight excluding hydrogens is 445 g/mol. The molecule has 3 rings (SSSR count). The van der Waals surface area contributed by atoms with Gasteiger partial charge in [-0.2, -0.15) is 5.10 Å². The van der Waals surface area contributed by atoms with E-state index in [9.17, 15) is 4.79 Å². The maximum atomic E-state index is 12.2. The van der Waals surface area contributed by atoms with Crippen molar-refractivity contribution in [2.45, 2.75) is 38.8 Å². The summed E-state index contributed by atoms with van der Waals surface area (Å²) in [5, 5.41) is 5.85. The number of fused-ring (bicyclic) bond motifs is 1. The third-order valence-electron chi connectivity index (χ3n) is 3.83. The molecule has 24 heavy (non-hydrogen) atoms. The van der Waals surface area contributed by atoms with Crippen LogP contribution in [0.15, 0.2) is 6.20 Å². The number of nitrogens with zero attached hydrogens (tertiary/aromatic N) is 4. The first kappa shape index (κ1) is 17.5. The number of rotatable bonds is 1. The van der Waals surface area contributed by atoms with E-state index in [1.54, 1.807) is 4.90 Å². The molecule has 0 aromatic carbocycles. The average molecular weight is 464 g/mol. The van der Waals surface area contributed by atoms with E-state index in [0.29, 0.717) is 23.9 Å². The quantitative estimate of drug-likeness (QED) is 0.655. The van der Waals surface area contributed by atoms with Crippen LogP contribution in [0.2, 0.25) is 5.02 Å². The van der Waals surface area contributed by atoms with Crippen LogP contribution in [-0.2, 0) is 4.74 Å². The van der Waals surface area contributed by atoms with Gasteiger partial charge < -0.3 is 15.4 Å². The van der Waals surface area contributed by atoms with E-state index in [-0.39, 0.29) is 12.1 Å². The summed E-state index contributed by atoms with van der Waals surface area (Å²) in [5.74, 6) is 0.409. The monoisotopic (exact) mass is 463 g/mol. The van der Waals surface area contributed by atoms with Crippen molar-refractivity contribution >= 4 is 57.0 Å². The molecule has 1 saturated heterocycles. The zero-order chi connectivity index (χ0) is 17.6. The van der Waals surface area contributed by atoms with Crippen molar-refractivity contribution in [2.24, 2.45) is 0 Å². The Morgan fingerprint density at radius 3 is 2.88 bits per heavy atom. The van der Waals surface area contributed by atoms with Crippen LogP contribution in [0.25, 0.3) is 10.9 Å². The Labute approximate surface area is 158 Å². The molecule has 1 aliphatic rings. The number of halogens is 2. The summed E-state index contributed by atoms with van der Waals surface area (Å²) in [6.07, 6.45) is 2.02. The molecule has 0 saturated carbocycles. The zero-order valence-electron chi connectivity index (χ0n) is 13.7. The fourth-order valence-electron chi connectivity index (χ4n) is 2.81. The fourth-order valence-corrected chi connectivity index (χ4v) is 3.81. The van der Waals surface area contributed by atoms with Gasteiger partial charge in [0.25, 0.3) is 0 Å². The first-order valence-corrected chi connectivity index (χ1v) is 9.08. The highest BCUT2D eigenvalue weighted by atomic mass is 127. The van der Waals surface area contributed by atoms with Crippen LogP contribution in [0.4, 0.5) is 10.6 Å². The van der Waals surface area contributed by atoms with Gasteiger partial charge in [0, 0.05) is 13.1 Å². The van der Waals surface area contributed by atoms with E-state index in [2.05, 4.69) is 32.7 Å². The number of anilines is 1. The summed E-state index contributed by atoms with van der Waals surface area (Å²) in [6, 6.07) is 0.0304. The molecule has 0 aliphatic carbocycles. The largest absolute Gasteiger partial charge is 0.444 e. The highest BCUT2D eigenvalue weighted by Gasteiger charge is 2.32. The number of nitrogen functional groups attached to an aromatic ring is 1. The number of carbonyl (C=O) groups is 1. The molecule has 1 unspecified atom stereocenters. The highest BCUT2D eigenvalue weighted by Crippen LogP contribution is 2.34. The van der Waals surface area contributed by atoms with Crippen molar-refractivity contribution < 1.29 is 9.53 Å². The number of aromatic nitrogens is 3. The molecule has 0 radical (unpaired) electrons. The minimum Gasteiger partial charge on any atom is -0.444 e. The van der Waals surface area contributed by atoms with Gasteiger partial charge in [0.15, 0.2) is 0 Å². The Hall–Kier alpha value is -1.29. The highest BCUT2D eigenvalue weighted by molar-refractivity contribution is 14.1. The van der Waals surface area contributed by atoms with E-state index in [4.69, 9.17) is 22.1 Å². The van der Waals surface area contributed by atoms with Crippen LogP contribution >= 0.6 is 34.2 Å². The molecule has 1 atom stereocenters. The van der Waals surface area contributed by atoms with Gasteiger partial charge in [-0.05, 0) is 49.8 Å². The maximum absolute atomic E-state index is 12.2. The van der Waals surface area contributed by atoms with Crippen molar-refractivity contribution in [3.63, 3.8) is 0 Å². The number of ether oxygens (including phenoxy) is 1. The number of pyridine rings is 1. The first-order chi connectivity index (χ1) is 11.2. The van der Waals surface area contributed by atoms with Crippen LogP contribution < -0.4 is 5.73 Å². The van der Waals surface area contributed by atoms with E-state index >= 15 is 0 Å².